The molecule has 3 aromatic rings. The molecule has 2 aliphatic heterocycles. The summed E-state index contributed by atoms with van der Waals surface area (Å²) in [6.45, 7) is 6.31. The summed E-state index contributed by atoms with van der Waals surface area (Å²) in [5.41, 5.74) is 21.1. The Morgan fingerprint density at radius 2 is 0.944 bits per heavy atom. The summed E-state index contributed by atoms with van der Waals surface area (Å²) in [6, 6.07) is 14.1. The van der Waals surface area contributed by atoms with E-state index in [0.717, 1.165) is 11.1 Å². The second kappa shape index (κ2) is 18.7. The molecule has 0 saturated carbocycles. The molecule has 0 unspecified atom stereocenters. The van der Waals surface area contributed by atoms with Crippen molar-refractivity contribution in [1.29, 1.82) is 0 Å². The van der Waals surface area contributed by atoms with Gasteiger partial charge in [0.1, 0.15) is 0 Å². The Morgan fingerprint density at radius 1 is 0.574 bits per heavy atom. The second-order valence-electron chi connectivity index (χ2n) is 11.2. The van der Waals surface area contributed by atoms with Crippen molar-refractivity contribution in [3.05, 3.63) is 129 Å². The van der Waals surface area contributed by atoms with Gasteiger partial charge in [-0.15, -0.1) is 10.2 Å². The predicted octanol–water partition coefficient (Wildman–Crippen LogP) is 4.03. The molecular weight excluding hydrogens is 729 g/mol. The van der Waals surface area contributed by atoms with E-state index in [1.165, 1.54) is 62.2 Å². The van der Waals surface area contributed by atoms with Gasteiger partial charge in [-0.3, -0.25) is 50.8 Å². The zero-order valence-electron chi connectivity index (χ0n) is 29.4. The van der Waals surface area contributed by atoms with Gasteiger partial charge in [-0.1, -0.05) is 36.4 Å². The maximum atomic E-state index is 12.8. The lowest BCUT2D eigenvalue weighted by atomic mass is 10.1. The van der Waals surface area contributed by atoms with Crippen molar-refractivity contribution >= 4 is 81.1 Å². The smallest absolute Gasteiger partial charge is 0.269 e. The largest absolute Gasteiger partial charge is 0.297 e. The number of carbonyl (C=O) groups is 4. The van der Waals surface area contributed by atoms with E-state index < -0.39 is 0 Å². The van der Waals surface area contributed by atoms with E-state index in [0.29, 0.717) is 54.1 Å². The van der Waals surface area contributed by atoms with Crippen LogP contribution in [0.2, 0.25) is 0 Å². The highest BCUT2D eigenvalue weighted by atomic mass is 32.2. The van der Waals surface area contributed by atoms with Crippen LogP contribution < -0.4 is 32.6 Å². The molecule has 1 aromatic carbocycles. The molecule has 5 rings (SSSR count). The number of aliphatic imine (C=N–C) groups is 2. The molecule has 2 aliphatic rings. The summed E-state index contributed by atoms with van der Waals surface area (Å²) in [4.78, 5) is 66.5. The lowest BCUT2D eigenvalue weighted by Gasteiger charge is -2.12. The average Bonchev–Trinajstić information content (AvgIpc) is 3.74. The Hall–Kier alpha value is -6.66. The molecule has 6 N–H and O–H groups in total. The molecule has 0 saturated heterocycles. The molecule has 0 spiro atoms. The molecule has 0 aliphatic carbocycles. The van der Waals surface area contributed by atoms with Crippen LogP contribution in [0.15, 0.2) is 127 Å². The molecule has 4 heterocycles. The van der Waals surface area contributed by atoms with Gasteiger partial charge >= 0.3 is 0 Å². The summed E-state index contributed by atoms with van der Waals surface area (Å²) in [7, 11) is 0. The van der Waals surface area contributed by atoms with Crippen molar-refractivity contribution in [3.63, 3.8) is 0 Å². The number of amidine groups is 2. The molecule has 18 heteroatoms. The lowest BCUT2D eigenvalue weighted by molar-refractivity contribution is -0.119. The number of carbonyl (C=O) groups excluding carboxylic acids is 4. The first kappa shape index (κ1) is 38.6. The molecule has 16 nitrogen and oxygen atoms in total. The number of hydrogen-bond acceptors (Lipinski definition) is 12. The van der Waals surface area contributed by atoms with E-state index in [9.17, 15) is 19.2 Å². The molecule has 0 atom stereocenters. The van der Waals surface area contributed by atoms with Gasteiger partial charge in [0, 0.05) is 49.8 Å². The Labute approximate surface area is 318 Å². The highest BCUT2D eigenvalue weighted by Gasteiger charge is 2.22. The maximum Gasteiger partial charge on any atom is 0.269 e. The van der Waals surface area contributed by atoms with E-state index in [1.807, 2.05) is 36.4 Å². The fraction of sp³-hybridized carbons (Fsp3) is 0.111. The molecular formula is C36H34N12O4S2. The molecule has 0 fully saturated rings. The Kier molecular flexibility index (Phi) is 13.4. The van der Waals surface area contributed by atoms with Gasteiger partial charge < -0.3 is 0 Å². The van der Waals surface area contributed by atoms with Gasteiger partial charge in [0.05, 0.1) is 32.6 Å². The van der Waals surface area contributed by atoms with Crippen molar-refractivity contribution in [1.82, 2.24) is 42.5 Å². The first-order chi connectivity index (χ1) is 26.0. The van der Waals surface area contributed by atoms with Crippen LogP contribution in [0.1, 0.15) is 59.5 Å². The number of pyridine rings is 2. The van der Waals surface area contributed by atoms with Gasteiger partial charge in [-0.2, -0.15) is 0 Å². The summed E-state index contributed by atoms with van der Waals surface area (Å²) < 4.78 is 0. The van der Waals surface area contributed by atoms with E-state index in [4.69, 9.17) is 0 Å². The summed E-state index contributed by atoms with van der Waals surface area (Å²) in [5, 5.41) is 8.76. The Balaban J connectivity index is 1.35. The van der Waals surface area contributed by atoms with Gasteiger partial charge in [-0.25, -0.2) is 20.8 Å². The van der Waals surface area contributed by atoms with Crippen LogP contribution in [-0.4, -0.2) is 55.4 Å². The van der Waals surface area contributed by atoms with Crippen molar-refractivity contribution in [2.75, 3.05) is 0 Å². The quantitative estimate of drug-likeness (QED) is 0.146. The number of hydrazine groups is 2. The third kappa shape index (κ3) is 11.2. The number of hydrazone groups is 2. The fourth-order valence-corrected chi connectivity index (χ4v) is 6.20. The van der Waals surface area contributed by atoms with Crippen LogP contribution in [0.25, 0.3) is 12.2 Å². The number of nitrogens with one attached hydrogen (secondary N) is 6. The van der Waals surface area contributed by atoms with Gasteiger partial charge in [-0.05, 0) is 84.9 Å². The molecule has 0 bridgehead atoms. The normalized spacial score (nSPS) is 17.3. The number of nitrogens with zero attached hydrogens (tertiary/aromatic N) is 6. The van der Waals surface area contributed by atoms with Crippen LogP contribution in [0, 0.1) is 0 Å². The number of rotatable bonds is 12. The number of aromatic nitrogens is 2. The number of thioether (sulfide) groups is 2. The zero-order chi connectivity index (χ0) is 38.5. The monoisotopic (exact) mass is 762 g/mol. The molecule has 274 valence electrons. The van der Waals surface area contributed by atoms with Gasteiger partial charge in [0.2, 0.25) is 22.1 Å². The number of amides is 4. The minimum absolute atomic E-state index is 0.324. The van der Waals surface area contributed by atoms with Crippen molar-refractivity contribution in [2.45, 2.75) is 27.7 Å². The van der Waals surface area contributed by atoms with Crippen LogP contribution in [-0.2, 0) is 9.59 Å². The van der Waals surface area contributed by atoms with Crippen molar-refractivity contribution in [2.24, 2.45) is 20.2 Å². The second-order valence-corrected chi connectivity index (χ2v) is 13.1. The fourth-order valence-electron chi connectivity index (χ4n) is 4.44. The van der Waals surface area contributed by atoms with Crippen LogP contribution in [0.5, 0.6) is 0 Å². The highest BCUT2D eigenvalue weighted by Crippen LogP contribution is 2.31. The van der Waals surface area contributed by atoms with Crippen molar-refractivity contribution in [3.8, 4) is 0 Å². The topological polar surface area (TPSA) is 216 Å². The van der Waals surface area contributed by atoms with E-state index in [-0.39, 0.29) is 23.6 Å². The minimum Gasteiger partial charge on any atom is -0.297 e. The van der Waals surface area contributed by atoms with Crippen molar-refractivity contribution < 1.29 is 19.2 Å². The maximum absolute atomic E-state index is 12.8. The Morgan fingerprint density at radius 3 is 1.30 bits per heavy atom. The van der Waals surface area contributed by atoms with Crippen LogP contribution >= 0.6 is 23.5 Å². The van der Waals surface area contributed by atoms with E-state index in [1.54, 1.807) is 50.3 Å². The van der Waals surface area contributed by atoms with Gasteiger partial charge in [0.15, 0.2) is 0 Å². The van der Waals surface area contributed by atoms with Gasteiger partial charge in [0.25, 0.3) is 11.8 Å². The Bertz CT molecular complexity index is 2020. The first-order valence-electron chi connectivity index (χ1n) is 16.1. The lowest BCUT2D eigenvalue weighted by Crippen LogP contribution is -2.37. The summed E-state index contributed by atoms with van der Waals surface area (Å²) in [6.07, 6.45) is 13.5. The third-order valence-corrected chi connectivity index (χ3v) is 9.17. The SMILES string of the molecule is CC(=O)N/N=C1N=C(C)/C(=C(\C=C\c2ccc(/C=C/C(NNC(=O)c3ccncc3)=C3/S/C(=N\NC(C)=O)N=C3C)cc2)NNC(=O)c2ccncc2)S/1. The number of benzene rings is 1. The number of allylic oxidation sites excluding steroid dienone is 4. The van der Waals surface area contributed by atoms with Crippen LogP contribution in [0.3, 0.4) is 0 Å². The first-order valence-corrected chi connectivity index (χ1v) is 17.7. The molecule has 4 amide bonds. The molecule has 54 heavy (non-hydrogen) atoms. The number of hydrogen-bond donors (Lipinski definition) is 6. The molecule has 0 radical (unpaired) electrons. The minimum atomic E-state index is -0.362. The van der Waals surface area contributed by atoms with E-state index in [2.05, 4.69) is 62.7 Å². The standard InChI is InChI=1S/C36H34N12O4S2/c1-21-31(53-35(39-21)47-41-23(3)49)29(43-45-33(51)27-13-17-37-18-14-27)11-9-25-5-7-26(8-6-25)10-12-30(44-46-34(52)28-15-19-38-20-16-28)32-22(2)40-36(54-32)48-42-24(4)50/h5-20,43-44H,1-4H3,(H,41,49)(H,42,50)(H,45,51)(H,46,52)/b11-9+,12-10+,31-29-,32-30-,47-35-,48-36-. The highest BCUT2D eigenvalue weighted by molar-refractivity contribution is 8.18. The van der Waals surface area contributed by atoms with Crippen LogP contribution in [0.4, 0.5) is 0 Å². The summed E-state index contributed by atoms with van der Waals surface area (Å²) >= 11 is 2.47. The third-order valence-electron chi connectivity index (χ3n) is 7.01. The predicted molar refractivity (Wildman–Crippen MR) is 212 cm³/mol. The summed E-state index contributed by atoms with van der Waals surface area (Å²) in [5.74, 6) is -1.37. The molecule has 2 aromatic heterocycles. The van der Waals surface area contributed by atoms with E-state index >= 15 is 0 Å². The zero-order valence-corrected chi connectivity index (χ0v) is 31.0. The average molecular weight is 763 g/mol.